The van der Waals surface area contributed by atoms with Crippen LogP contribution in [0.1, 0.15) is 30.6 Å². The fourth-order valence-corrected chi connectivity index (χ4v) is 5.00. The normalized spacial score (nSPS) is 14.6. The molecule has 0 saturated carbocycles. The molecule has 0 fully saturated rings. The number of sulfonamides is 1. The number of imidazole rings is 1. The number of aromatic nitrogens is 2. The average Bonchev–Trinajstić information content (AvgIpc) is 3.01. The highest BCUT2D eigenvalue weighted by Crippen LogP contribution is 2.32. The summed E-state index contributed by atoms with van der Waals surface area (Å²) in [4.78, 5) is 16.1. The molecule has 1 aromatic carbocycles. The van der Waals surface area contributed by atoms with Crippen LogP contribution in [0.5, 0.6) is 5.75 Å². The van der Waals surface area contributed by atoms with E-state index in [-0.39, 0.29) is 23.1 Å². The van der Waals surface area contributed by atoms with Crippen molar-refractivity contribution in [1.29, 1.82) is 0 Å². The maximum atomic E-state index is 13.2. The van der Waals surface area contributed by atoms with Crippen LogP contribution >= 0.6 is 11.6 Å². The van der Waals surface area contributed by atoms with Crippen molar-refractivity contribution in [3.05, 3.63) is 40.4 Å². The van der Waals surface area contributed by atoms with Gasteiger partial charge in [0.15, 0.2) is 0 Å². The Kier molecular flexibility index (Phi) is 5.97. The number of fused-ring (bicyclic) bond motifs is 1. The molecule has 1 aromatic heterocycles. The second-order valence-corrected chi connectivity index (χ2v) is 8.84. The number of amides is 1. The first-order valence-electron chi connectivity index (χ1n) is 8.91. The maximum Gasteiger partial charge on any atom is 0.247 e. The quantitative estimate of drug-likeness (QED) is 0.760. The van der Waals surface area contributed by atoms with E-state index in [4.69, 9.17) is 16.3 Å². The molecule has 0 radical (unpaired) electrons. The summed E-state index contributed by atoms with van der Waals surface area (Å²) in [6.45, 7) is 2.60. The average molecular weight is 427 g/mol. The number of nitrogens with one attached hydrogen (secondary N) is 1. The Bertz CT molecular complexity index is 1000. The van der Waals surface area contributed by atoms with E-state index in [0.29, 0.717) is 36.8 Å². The third-order valence-electron chi connectivity index (χ3n) is 4.82. The third-order valence-corrected chi connectivity index (χ3v) is 6.92. The standard InChI is InChI=1S/C18H23ClN4O4S/c1-4-18(24)20-10-17-21-13-7-8-23(11-14(13)22(17)2)28(25,26)16-9-12(19)5-6-15(16)27-3/h5-6,9H,4,7-8,10-11H2,1-3H3,(H,20,24). The minimum absolute atomic E-state index is 0.0450. The van der Waals surface area contributed by atoms with Crippen LogP contribution in [0.2, 0.25) is 5.02 Å². The number of benzene rings is 1. The molecular weight excluding hydrogens is 404 g/mol. The van der Waals surface area contributed by atoms with Gasteiger partial charge in [0, 0.05) is 31.5 Å². The number of rotatable bonds is 6. The largest absolute Gasteiger partial charge is 0.495 e. The Labute approximate surface area is 169 Å². The summed E-state index contributed by atoms with van der Waals surface area (Å²) in [5.41, 5.74) is 1.67. The van der Waals surface area contributed by atoms with Gasteiger partial charge in [-0.2, -0.15) is 4.31 Å². The minimum atomic E-state index is -3.79. The molecule has 0 unspecified atom stereocenters. The summed E-state index contributed by atoms with van der Waals surface area (Å²) >= 11 is 6.01. The predicted octanol–water partition coefficient (Wildman–Crippen LogP) is 1.86. The Hall–Kier alpha value is -2.10. The summed E-state index contributed by atoms with van der Waals surface area (Å²) in [5, 5.41) is 3.13. The molecule has 2 heterocycles. The first-order valence-corrected chi connectivity index (χ1v) is 10.7. The van der Waals surface area contributed by atoms with Crippen LogP contribution in [-0.4, -0.2) is 41.8 Å². The van der Waals surface area contributed by atoms with Crippen LogP contribution < -0.4 is 10.1 Å². The van der Waals surface area contributed by atoms with Crippen LogP contribution in [0.4, 0.5) is 0 Å². The van der Waals surface area contributed by atoms with Gasteiger partial charge in [0.1, 0.15) is 16.5 Å². The van der Waals surface area contributed by atoms with Gasteiger partial charge in [-0.3, -0.25) is 4.79 Å². The molecule has 0 spiro atoms. The van der Waals surface area contributed by atoms with Crippen LogP contribution in [0.25, 0.3) is 0 Å². The van der Waals surface area contributed by atoms with Gasteiger partial charge in [-0.25, -0.2) is 13.4 Å². The van der Waals surface area contributed by atoms with Crippen LogP contribution in [-0.2, 0) is 41.4 Å². The summed E-state index contributed by atoms with van der Waals surface area (Å²) in [6.07, 6.45) is 0.893. The van der Waals surface area contributed by atoms with Gasteiger partial charge < -0.3 is 14.6 Å². The third kappa shape index (κ3) is 3.87. The zero-order valence-corrected chi connectivity index (χ0v) is 17.6. The van der Waals surface area contributed by atoms with Crippen LogP contribution in [0.3, 0.4) is 0 Å². The number of carbonyl (C=O) groups is 1. The van der Waals surface area contributed by atoms with Crippen molar-refractivity contribution in [2.75, 3.05) is 13.7 Å². The van der Waals surface area contributed by atoms with Crippen molar-refractivity contribution in [3.63, 3.8) is 0 Å². The second-order valence-electron chi connectivity index (χ2n) is 6.49. The molecule has 0 aliphatic carbocycles. The summed E-state index contributed by atoms with van der Waals surface area (Å²) < 4.78 is 34.9. The first-order chi connectivity index (χ1) is 13.3. The van der Waals surface area contributed by atoms with E-state index in [0.717, 1.165) is 11.4 Å². The fourth-order valence-electron chi connectivity index (χ4n) is 3.18. The lowest BCUT2D eigenvalue weighted by Gasteiger charge is -2.27. The predicted molar refractivity (Wildman–Crippen MR) is 105 cm³/mol. The second kappa shape index (κ2) is 8.10. The molecule has 1 aliphatic heterocycles. The van der Waals surface area contributed by atoms with Crippen LogP contribution in [0, 0.1) is 0 Å². The van der Waals surface area contributed by atoms with Gasteiger partial charge in [-0.1, -0.05) is 18.5 Å². The molecule has 2 aromatic rings. The lowest BCUT2D eigenvalue weighted by atomic mass is 10.2. The maximum absolute atomic E-state index is 13.2. The van der Waals surface area contributed by atoms with Crippen LogP contribution in [0.15, 0.2) is 23.1 Å². The number of nitrogens with zero attached hydrogens (tertiary/aromatic N) is 3. The number of halogens is 1. The van der Waals surface area contributed by atoms with E-state index in [1.807, 2.05) is 11.6 Å². The molecule has 8 nitrogen and oxygen atoms in total. The highest BCUT2D eigenvalue weighted by atomic mass is 35.5. The van der Waals surface area contributed by atoms with Crippen molar-refractivity contribution >= 4 is 27.5 Å². The van der Waals surface area contributed by atoms with Crippen molar-refractivity contribution in [2.45, 2.75) is 37.8 Å². The number of carbonyl (C=O) groups excluding carboxylic acids is 1. The summed E-state index contributed by atoms with van der Waals surface area (Å²) in [5.74, 6) is 0.896. The van der Waals surface area contributed by atoms with E-state index < -0.39 is 10.0 Å². The van der Waals surface area contributed by atoms with Crippen molar-refractivity contribution < 1.29 is 17.9 Å². The van der Waals surface area contributed by atoms with E-state index in [9.17, 15) is 13.2 Å². The minimum Gasteiger partial charge on any atom is -0.495 e. The Morgan fingerprint density at radius 1 is 1.39 bits per heavy atom. The monoisotopic (exact) mass is 426 g/mol. The lowest BCUT2D eigenvalue weighted by molar-refractivity contribution is -0.120. The zero-order chi connectivity index (χ0) is 20.5. The van der Waals surface area contributed by atoms with Gasteiger partial charge in [0.25, 0.3) is 0 Å². The highest BCUT2D eigenvalue weighted by molar-refractivity contribution is 7.89. The molecule has 1 amide bonds. The Morgan fingerprint density at radius 2 is 2.14 bits per heavy atom. The highest BCUT2D eigenvalue weighted by Gasteiger charge is 2.33. The number of ether oxygens (including phenoxy) is 1. The first kappa shape index (κ1) is 20.6. The van der Waals surface area contributed by atoms with Crippen molar-refractivity contribution in [2.24, 2.45) is 7.05 Å². The molecule has 0 atom stereocenters. The van der Waals surface area contributed by atoms with Gasteiger partial charge >= 0.3 is 0 Å². The molecule has 10 heteroatoms. The molecule has 0 bridgehead atoms. The molecule has 152 valence electrons. The molecule has 28 heavy (non-hydrogen) atoms. The smallest absolute Gasteiger partial charge is 0.247 e. The number of methoxy groups -OCH3 is 1. The van der Waals surface area contributed by atoms with Crippen molar-refractivity contribution in [1.82, 2.24) is 19.2 Å². The zero-order valence-electron chi connectivity index (χ0n) is 16.0. The Morgan fingerprint density at radius 3 is 2.82 bits per heavy atom. The molecule has 0 saturated heterocycles. The van der Waals surface area contributed by atoms with Gasteiger partial charge in [-0.05, 0) is 18.2 Å². The molecule has 1 aliphatic rings. The summed E-state index contributed by atoms with van der Waals surface area (Å²) in [7, 11) is -0.540. The number of hydrogen-bond donors (Lipinski definition) is 1. The molecule has 3 rings (SSSR count). The molecular formula is C18H23ClN4O4S. The Balaban J connectivity index is 1.88. The van der Waals surface area contributed by atoms with Crippen molar-refractivity contribution in [3.8, 4) is 5.75 Å². The van der Waals surface area contributed by atoms with E-state index >= 15 is 0 Å². The topological polar surface area (TPSA) is 93.5 Å². The van der Waals surface area contributed by atoms with E-state index in [1.165, 1.54) is 17.5 Å². The van der Waals surface area contributed by atoms with Gasteiger partial charge in [0.05, 0.1) is 31.6 Å². The summed E-state index contributed by atoms with van der Waals surface area (Å²) in [6, 6.07) is 4.54. The molecule has 1 N–H and O–H groups in total. The number of hydrogen-bond acceptors (Lipinski definition) is 5. The SMILES string of the molecule is CCC(=O)NCc1nc2c(n1C)CN(S(=O)(=O)c1cc(Cl)ccc1OC)CC2. The fraction of sp³-hybridized carbons (Fsp3) is 0.444. The van der Waals surface area contributed by atoms with E-state index in [1.54, 1.807) is 19.1 Å². The van der Waals surface area contributed by atoms with E-state index in [2.05, 4.69) is 10.3 Å². The van der Waals surface area contributed by atoms with Gasteiger partial charge in [0.2, 0.25) is 15.9 Å². The van der Waals surface area contributed by atoms with Gasteiger partial charge in [-0.15, -0.1) is 0 Å². The lowest BCUT2D eigenvalue weighted by Crippen LogP contribution is -2.36.